The first-order chi connectivity index (χ1) is 14.2. The van der Waals surface area contributed by atoms with Crippen molar-refractivity contribution < 1.29 is 28.5 Å². The van der Waals surface area contributed by atoms with Crippen LogP contribution in [0.5, 0.6) is 11.5 Å². The number of fused-ring (bicyclic) bond motifs is 1. The van der Waals surface area contributed by atoms with Gasteiger partial charge in [0.1, 0.15) is 17.8 Å². The molecule has 1 aromatic heterocycles. The Hall–Kier alpha value is -3.10. The molecule has 0 radical (unpaired) electrons. The number of aliphatic hydroxyl groups is 1. The summed E-state index contributed by atoms with van der Waals surface area (Å²) in [5.74, 6) is 1.44. The number of hydrogen-bond donors (Lipinski definition) is 1. The predicted octanol–water partition coefficient (Wildman–Crippen LogP) is 2.25. The van der Waals surface area contributed by atoms with Gasteiger partial charge in [-0.2, -0.15) is 0 Å². The van der Waals surface area contributed by atoms with Crippen LogP contribution in [0.1, 0.15) is 16.4 Å². The van der Waals surface area contributed by atoms with Crippen molar-refractivity contribution >= 4 is 16.7 Å². The summed E-state index contributed by atoms with van der Waals surface area (Å²) in [5.41, 5.74) is 0.187. The minimum Gasteiger partial charge on any atom is -0.497 e. The number of oxazole rings is 1. The van der Waals surface area contributed by atoms with Crippen LogP contribution in [0, 0.1) is 0 Å². The molecule has 1 fully saturated rings. The summed E-state index contributed by atoms with van der Waals surface area (Å²) >= 11 is 0. The lowest BCUT2D eigenvalue weighted by Gasteiger charge is -2.33. The second-order valence-electron chi connectivity index (χ2n) is 6.70. The lowest BCUT2D eigenvalue weighted by atomic mass is 10.1. The van der Waals surface area contributed by atoms with Gasteiger partial charge in [-0.25, -0.2) is 4.98 Å². The average molecular weight is 398 g/mol. The number of rotatable bonds is 6. The zero-order valence-electron chi connectivity index (χ0n) is 16.0. The highest BCUT2D eigenvalue weighted by Gasteiger charge is 2.29. The molecule has 8 nitrogen and oxygen atoms in total. The fourth-order valence-corrected chi connectivity index (χ4v) is 3.26. The molecule has 1 amide bonds. The summed E-state index contributed by atoms with van der Waals surface area (Å²) in [5, 5.41) is 11.5. The SMILES string of the molecule is COc1ccc2ccc(OCc3nc(C(=O)N4CCOC[C@@H]4CO)co3)cc2c1. The Morgan fingerprint density at radius 2 is 2.03 bits per heavy atom. The van der Waals surface area contributed by atoms with Gasteiger partial charge in [-0.3, -0.25) is 4.79 Å². The molecule has 152 valence electrons. The van der Waals surface area contributed by atoms with Crippen LogP contribution in [0.3, 0.4) is 0 Å². The van der Waals surface area contributed by atoms with Crippen molar-refractivity contribution in [3.05, 3.63) is 54.2 Å². The van der Waals surface area contributed by atoms with Crippen molar-refractivity contribution in [3.63, 3.8) is 0 Å². The topological polar surface area (TPSA) is 94.3 Å². The standard InChI is InChI=1S/C21H22N2O6/c1-26-17-4-2-14-3-5-18(9-15(14)8-17)28-13-20-22-19(12-29-20)21(25)23-6-7-27-11-16(23)10-24/h2-5,8-9,12,16,24H,6-7,10-11,13H2,1H3/t16-/m0/s1. The van der Waals surface area contributed by atoms with Crippen LogP contribution in [0.2, 0.25) is 0 Å². The summed E-state index contributed by atoms with van der Waals surface area (Å²) in [6.45, 7) is 1.08. The molecule has 2 heterocycles. The van der Waals surface area contributed by atoms with E-state index in [2.05, 4.69) is 4.98 Å². The Bertz CT molecular complexity index is 1000. The lowest BCUT2D eigenvalue weighted by molar-refractivity contribution is -0.0186. The van der Waals surface area contributed by atoms with E-state index in [0.717, 1.165) is 16.5 Å². The van der Waals surface area contributed by atoms with Crippen LogP contribution in [0.25, 0.3) is 10.8 Å². The van der Waals surface area contributed by atoms with Gasteiger partial charge >= 0.3 is 0 Å². The van der Waals surface area contributed by atoms with Gasteiger partial charge in [0.05, 0.1) is 33.0 Å². The van der Waals surface area contributed by atoms with Gasteiger partial charge in [0, 0.05) is 6.54 Å². The van der Waals surface area contributed by atoms with E-state index in [4.69, 9.17) is 18.6 Å². The molecule has 4 rings (SSSR count). The highest BCUT2D eigenvalue weighted by molar-refractivity contribution is 5.92. The van der Waals surface area contributed by atoms with Crippen molar-refractivity contribution in [1.29, 1.82) is 0 Å². The third kappa shape index (κ3) is 4.18. The van der Waals surface area contributed by atoms with Gasteiger partial charge in [-0.15, -0.1) is 0 Å². The van der Waals surface area contributed by atoms with Crippen molar-refractivity contribution in [3.8, 4) is 11.5 Å². The smallest absolute Gasteiger partial charge is 0.276 e. The number of carbonyl (C=O) groups excluding carboxylic acids is 1. The summed E-state index contributed by atoms with van der Waals surface area (Å²) in [6, 6.07) is 11.2. The molecule has 0 bridgehead atoms. The zero-order chi connectivity index (χ0) is 20.2. The van der Waals surface area contributed by atoms with Crippen LogP contribution in [-0.2, 0) is 11.3 Å². The average Bonchev–Trinajstić information content (AvgIpc) is 3.25. The monoisotopic (exact) mass is 398 g/mol. The quantitative estimate of drug-likeness (QED) is 0.681. The van der Waals surface area contributed by atoms with E-state index in [1.807, 2.05) is 36.4 Å². The molecule has 8 heteroatoms. The summed E-state index contributed by atoms with van der Waals surface area (Å²) in [6.07, 6.45) is 1.32. The maximum absolute atomic E-state index is 12.6. The maximum atomic E-state index is 12.6. The Morgan fingerprint density at radius 1 is 1.24 bits per heavy atom. The van der Waals surface area contributed by atoms with Crippen molar-refractivity contribution in [2.24, 2.45) is 0 Å². The highest BCUT2D eigenvalue weighted by atomic mass is 16.5. The third-order valence-corrected chi connectivity index (χ3v) is 4.85. The Balaban J connectivity index is 1.42. The molecule has 1 aliphatic rings. The molecule has 0 spiro atoms. The van der Waals surface area contributed by atoms with Crippen LogP contribution in [-0.4, -0.2) is 60.4 Å². The number of nitrogens with zero attached hydrogens (tertiary/aromatic N) is 2. The molecule has 3 aromatic rings. The van der Waals surface area contributed by atoms with E-state index in [1.54, 1.807) is 12.0 Å². The molecule has 1 N–H and O–H groups in total. The number of hydrogen-bond acceptors (Lipinski definition) is 7. The number of ether oxygens (including phenoxy) is 3. The maximum Gasteiger partial charge on any atom is 0.276 e. The van der Waals surface area contributed by atoms with Crippen LogP contribution < -0.4 is 9.47 Å². The molecule has 0 aliphatic carbocycles. The van der Waals surface area contributed by atoms with Gasteiger partial charge in [0.25, 0.3) is 5.91 Å². The van der Waals surface area contributed by atoms with E-state index < -0.39 is 0 Å². The third-order valence-electron chi connectivity index (χ3n) is 4.85. The Morgan fingerprint density at radius 3 is 2.83 bits per heavy atom. The first-order valence-electron chi connectivity index (χ1n) is 9.32. The summed E-state index contributed by atoms with van der Waals surface area (Å²) < 4.78 is 21.7. The molecule has 1 aliphatic heterocycles. The largest absolute Gasteiger partial charge is 0.497 e. The van der Waals surface area contributed by atoms with Gasteiger partial charge in [-0.1, -0.05) is 12.1 Å². The molecule has 1 saturated heterocycles. The first-order valence-corrected chi connectivity index (χ1v) is 9.32. The van der Waals surface area contributed by atoms with E-state index >= 15 is 0 Å². The van der Waals surface area contributed by atoms with E-state index in [1.165, 1.54) is 6.26 Å². The van der Waals surface area contributed by atoms with Gasteiger partial charge in [-0.05, 0) is 35.0 Å². The Kier molecular flexibility index (Phi) is 5.64. The second-order valence-corrected chi connectivity index (χ2v) is 6.70. The summed E-state index contributed by atoms with van der Waals surface area (Å²) in [4.78, 5) is 18.4. The molecule has 2 aromatic carbocycles. The van der Waals surface area contributed by atoms with Crippen LogP contribution in [0.4, 0.5) is 0 Å². The number of benzene rings is 2. The van der Waals surface area contributed by atoms with Crippen molar-refractivity contribution in [2.75, 3.05) is 33.5 Å². The number of methoxy groups -OCH3 is 1. The van der Waals surface area contributed by atoms with Crippen molar-refractivity contribution in [2.45, 2.75) is 12.6 Å². The number of morpholine rings is 1. The van der Waals surface area contributed by atoms with Crippen molar-refractivity contribution in [1.82, 2.24) is 9.88 Å². The first kappa shape index (κ1) is 19.2. The van der Waals surface area contributed by atoms with Gasteiger partial charge < -0.3 is 28.6 Å². The molecular formula is C21H22N2O6. The number of aromatic nitrogens is 1. The number of aliphatic hydroxyl groups excluding tert-OH is 1. The normalized spacial score (nSPS) is 16.8. The summed E-state index contributed by atoms with van der Waals surface area (Å²) in [7, 11) is 1.63. The van der Waals surface area contributed by atoms with E-state index in [0.29, 0.717) is 31.4 Å². The van der Waals surface area contributed by atoms with Crippen LogP contribution in [0.15, 0.2) is 47.1 Å². The molecule has 1 atom stereocenters. The van der Waals surface area contributed by atoms with Crippen LogP contribution >= 0.6 is 0 Å². The fraction of sp³-hybridized carbons (Fsp3) is 0.333. The minimum atomic E-state index is -0.373. The minimum absolute atomic E-state index is 0.0926. The Labute approximate surface area is 167 Å². The molecule has 0 saturated carbocycles. The van der Waals surface area contributed by atoms with Gasteiger partial charge in [0.2, 0.25) is 5.89 Å². The van der Waals surface area contributed by atoms with E-state index in [9.17, 15) is 9.90 Å². The lowest BCUT2D eigenvalue weighted by Crippen LogP contribution is -2.50. The number of carbonyl (C=O) groups is 1. The van der Waals surface area contributed by atoms with E-state index in [-0.39, 0.29) is 30.9 Å². The van der Waals surface area contributed by atoms with Gasteiger partial charge in [0.15, 0.2) is 12.3 Å². The number of amides is 1. The molecule has 29 heavy (non-hydrogen) atoms. The fourth-order valence-electron chi connectivity index (χ4n) is 3.26. The predicted molar refractivity (Wildman–Crippen MR) is 104 cm³/mol. The molecule has 0 unspecified atom stereocenters. The highest BCUT2D eigenvalue weighted by Crippen LogP contribution is 2.25. The molecular weight excluding hydrogens is 376 g/mol. The second kappa shape index (κ2) is 8.50. The zero-order valence-corrected chi connectivity index (χ0v) is 16.0.